The Kier molecular flexibility index (Phi) is 5.68. The molecule has 0 spiro atoms. The Labute approximate surface area is 153 Å². The Morgan fingerprint density at radius 1 is 1.23 bits per heavy atom. The number of nitrogen functional groups attached to an aromatic ring is 1. The SMILES string of the molecule is CCCCNc1nc(N)ncc1OCc1cncn1-c1ccccc1C. The van der Waals surface area contributed by atoms with Crippen molar-refractivity contribution in [2.75, 3.05) is 17.6 Å². The molecule has 0 unspecified atom stereocenters. The molecule has 0 bridgehead atoms. The number of aromatic nitrogens is 4. The monoisotopic (exact) mass is 352 g/mol. The summed E-state index contributed by atoms with van der Waals surface area (Å²) < 4.78 is 7.99. The first-order valence-corrected chi connectivity index (χ1v) is 8.75. The summed E-state index contributed by atoms with van der Waals surface area (Å²) in [6.45, 7) is 5.37. The standard InChI is InChI=1S/C19H24N6O/c1-3-4-9-22-18-17(11-23-19(20)24-18)26-12-15-10-21-13-25(15)16-8-6-5-7-14(16)2/h5-8,10-11,13H,3-4,9,12H2,1-2H3,(H3,20,22,23,24). The van der Waals surface area contributed by atoms with Crippen molar-refractivity contribution in [1.29, 1.82) is 0 Å². The Hall–Kier alpha value is -3.09. The number of nitrogens with two attached hydrogens (primary N) is 1. The number of nitrogens with one attached hydrogen (secondary N) is 1. The second kappa shape index (κ2) is 8.33. The van der Waals surface area contributed by atoms with Crippen LogP contribution in [0.5, 0.6) is 5.75 Å². The molecule has 7 heteroatoms. The van der Waals surface area contributed by atoms with Crippen LogP contribution < -0.4 is 15.8 Å². The quantitative estimate of drug-likeness (QED) is 0.604. The van der Waals surface area contributed by atoms with Crippen molar-refractivity contribution in [3.63, 3.8) is 0 Å². The first kappa shape index (κ1) is 17.7. The molecule has 0 aliphatic carbocycles. The van der Waals surface area contributed by atoms with Crippen molar-refractivity contribution in [2.45, 2.75) is 33.3 Å². The van der Waals surface area contributed by atoms with Crippen LogP contribution in [0.3, 0.4) is 0 Å². The number of benzene rings is 1. The van der Waals surface area contributed by atoms with E-state index in [-0.39, 0.29) is 5.95 Å². The molecule has 0 radical (unpaired) electrons. The molecule has 0 fully saturated rings. The van der Waals surface area contributed by atoms with Crippen LogP contribution in [0, 0.1) is 6.92 Å². The van der Waals surface area contributed by atoms with Crippen molar-refractivity contribution in [3.8, 4) is 11.4 Å². The predicted octanol–water partition coefficient (Wildman–Crippen LogP) is 3.34. The highest BCUT2D eigenvalue weighted by molar-refractivity contribution is 5.51. The first-order valence-electron chi connectivity index (χ1n) is 8.75. The van der Waals surface area contributed by atoms with E-state index < -0.39 is 0 Å². The lowest BCUT2D eigenvalue weighted by molar-refractivity contribution is 0.298. The van der Waals surface area contributed by atoms with Crippen molar-refractivity contribution in [3.05, 3.63) is 54.2 Å². The van der Waals surface area contributed by atoms with Gasteiger partial charge in [-0.15, -0.1) is 0 Å². The lowest BCUT2D eigenvalue weighted by Gasteiger charge is -2.14. The second-order valence-electron chi connectivity index (χ2n) is 6.05. The first-order chi connectivity index (χ1) is 12.7. The molecule has 2 heterocycles. The molecule has 0 saturated heterocycles. The number of aryl methyl sites for hydroxylation is 1. The largest absolute Gasteiger partial charge is 0.482 e. The summed E-state index contributed by atoms with van der Waals surface area (Å²) in [7, 11) is 0. The van der Waals surface area contributed by atoms with E-state index in [0.717, 1.165) is 30.8 Å². The van der Waals surface area contributed by atoms with Gasteiger partial charge in [-0.1, -0.05) is 31.5 Å². The smallest absolute Gasteiger partial charge is 0.222 e. The summed E-state index contributed by atoms with van der Waals surface area (Å²) in [5.74, 6) is 1.42. The average Bonchev–Trinajstić information content (AvgIpc) is 3.10. The van der Waals surface area contributed by atoms with Crippen molar-refractivity contribution in [1.82, 2.24) is 19.5 Å². The van der Waals surface area contributed by atoms with Crippen LogP contribution in [-0.2, 0) is 6.61 Å². The Morgan fingerprint density at radius 2 is 2.08 bits per heavy atom. The molecule has 3 aromatic rings. The maximum atomic E-state index is 5.97. The lowest BCUT2D eigenvalue weighted by atomic mass is 10.2. The van der Waals surface area contributed by atoms with Gasteiger partial charge >= 0.3 is 0 Å². The summed E-state index contributed by atoms with van der Waals surface area (Å²) >= 11 is 0. The number of rotatable bonds is 8. The maximum absolute atomic E-state index is 5.97. The summed E-state index contributed by atoms with van der Waals surface area (Å²) in [6, 6.07) is 8.16. The van der Waals surface area contributed by atoms with E-state index in [4.69, 9.17) is 10.5 Å². The minimum absolute atomic E-state index is 0.223. The molecular weight excluding hydrogens is 328 g/mol. The minimum atomic E-state index is 0.223. The van der Waals surface area contributed by atoms with Crippen LogP contribution in [0.25, 0.3) is 5.69 Å². The second-order valence-corrected chi connectivity index (χ2v) is 6.05. The normalized spacial score (nSPS) is 10.7. The van der Waals surface area contributed by atoms with Gasteiger partial charge in [0.1, 0.15) is 6.61 Å². The third-order valence-corrected chi connectivity index (χ3v) is 4.06. The van der Waals surface area contributed by atoms with E-state index in [1.54, 1.807) is 18.7 Å². The van der Waals surface area contributed by atoms with Crippen LogP contribution in [0.2, 0.25) is 0 Å². The van der Waals surface area contributed by atoms with E-state index in [2.05, 4.69) is 46.2 Å². The summed E-state index contributed by atoms with van der Waals surface area (Å²) in [5, 5.41) is 3.26. The van der Waals surface area contributed by atoms with Crippen molar-refractivity contribution in [2.24, 2.45) is 0 Å². The Bertz CT molecular complexity index is 861. The van der Waals surface area contributed by atoms with E-state index in [9.17, 15) is 0 Å². The molecular formula is C19H24N6O. The molecule has 7 nitrogen and oxygen atoms in total. The molecule has 0 aliphatic heterocycles. The van der Waals surface area contributed by atoms with E-state index in [1.165, 1.54) is 5.56 Å². The molecule has 0 amide bonds. The van der Waals surface area contributed by atoms with Gasteiger partial charge in [-0.25, -0.2) is 9.97 Å². The molecule has 0 aliphatic rings. The predicted molar refractivity (Wildman–Crippen MR) is 102 cm³/mol. The summed E-state index contributed by atoms with van der Waals surface area (Å²) in [6.07, 6.45) is 7.34. The highest BCUT2D eigenvalue weighted by Crippen LogP contribution is 2.23. The van der Waals surface area contributed by atoms with Gasteiger partial charge in [0, 0.05) is 12.2 Å². The van der Waals surface area contributed by atoms with Gasteiger partial charge < -0.3 is 15.8 Å². The highest BCUT2D eigenvalue weighted by atomic mass is 16.5. The summed E-state index contributed by atoms with van der Waals surface area (Å²) in [5.41, 5.74) is 8.90. The van der Waals surface area contributed by atoms with Crippen LogP contribution in [0.1, 0.15) is 31.0 Å². The minimum Gasteiger partial charge on any atom is -0.482 e. The molecule has 0 atom stereocenters. The number of anilines is 2. The van der Waals surface area contributed by atoms with E-state index >= 15 is 0 Å². The molecule has 26 heavy (non-hydrogen) atoms. The average molecular weight is 352 g/mol. The van der Waals surface area contributed by atoms with Gasteiger partial charge in [-0.05, 0) is 25.0 Å². The van der Waals surface area contributed by atoms with E-state index in [0.29, 0.717) is 18.2 Å². The number of nitrogens with zero attached hydrogens (tertiary/aromatic N) is 4. The van der Waals surface area contributed by atoms with Crippen molar-refractivity contribution >= 4 is 11.8 Å². The van der Waals surface area contributed by atoms with Crippen LogP contribution in [0.15, 0.2) is 43.0 Å². The zero-order valence-electron chi connectivity index (χ0n) is 15.1. The fourth-order valence-electron chi connectivity index (χ4n) is 2.63. The molecule has 3 rings (SSSR count). The van der Waals surface area contributed by atoms with Crippen LogP contribution in [-0.4, -0.2) is 26.1 Å². The molecule has 0 saturated carbocycles. The molecule has 3 N–H and O–H groups in total. The Morgan fingerprint density at radius 3 is 2.88 bits per heavy atom. The zero-order chi connectivity index (χ0) is 18.4. The number of para-hydroxylation sites is 1. The Balaban J connectivity index is 1.76. The third kappa shape index (κ3) is 4.11. The number of hydrogen-bond donors (Lipinski definition) is 2. The van der Waals surface area contributed by atoms with Gasteiger partial charge in [0.2, 0.25) is 5.95 Å². The molecule has 2 aromatic heterocycles. The topological polar surface area (TPSA) is 90.9 Å². The fraction of sp³-hybridized carbons (Fsp3) is 0.316. The van der Waals surface area contributed by atoms with Gasteiger partial charge in [0.25, 0.3) is 0 Å². The summed E-state index contributed by atoms with van der Waals surface area (Å²) in [4.78, 5) is 12.6. The van der Waals surface area contributed by atoms with Gasteiger partial charge in [0.15, 0.2) is 11.6 Å². The number of hydrogen-bond acceptors (Lipinski definition) is 6. The van der Waals surface area contributed by atoms with Gasteiger partial charge in [-0.2, -0.15) is 4.98 Å². The number of imidazole rings is 1. The van der Waals surface area contributed by atoms with Gasteiger partial charge in [-0.3, -0.25) is 4.57 Å². The van der Waals surface area contributed by atoms with E-state index in [1.807, 2.05) is 16.7 Å². The van der Waals surface area contributed by atoms with Gasteiger partial charge in [0.05, 0.1) is 24.4 Å². The third-order valence-electron chi connectivity index (χ3n) is 4.06. The van der Waals surface area contributed by atoms with Crippen LogP contribution in [0.4, 0.5) is 11.8 Å². The number of unbranched alkanes of at least 4 members (excludes halogenated alkanes) is 1. The fourth-order valence-corrected chi connectivity index (χ4v) is 2.63. The highest BCUT2D eigenvalue weighted by Gasteiger charge is 2.11. The molecule has 1 aromatic carbocycles. The maximum Gasteiger partial charge on any atom is 0.222 e. The number of ether oxygens (including phenoxy) is 1. The zero-order valence-corrected chi connectivity index (χ0v) is 15.1. The van der Waals surface area contributed by atoms with Crippen molar-refractivity contribution < 1.29 is 4.74 Å². The van der Waals surface area contributed by atoms with Crippen LogP contribution >= 0.6 is 0 Å². The molecule has 136 valence electrons. The lowest BCUT2D eigenvalue weighted by Crippen LogP contribution is -2.10.